The van der Waals surface area contributed by atoms with E-state index >= 15 is 0 Å². The normalized spacial score (nSPS) is 18.4. The number of carbonyl (C=O) groups is 2. The van der Waals surface area contributed by atoms with Crippen LogP contribution in [0.1, 0.15) is 25.5 Å². The van der Waals surface area contributed by atoms with Gasteiger partial charge in [-0.3, -0.25) is 15.0 Å². The minimum atomic E-state index is -0.442. The van der Waals surface area contributed by atoms with Crippen molar-refractivity contribution in [3.8, 4) is 0 Å². The molecule has 1 saturated heterocycles. The summed E-state index contributed by atoms with van der Waals surface area (Å²) in [5, 5.41) is 9.08. The van der Waals surface area contributed by atoms with Crippen LogP contribution in [-0.2, 0) is 4.79 Å². The molecule has 0 radical (unpaired) electrons. The molecule has 1 aromatic rings. The molecule has 1 unspecified atom stereocenters. The number of amides is 3. The molecule has 0 saturated carbocycles. The Kier molecular flexibility index (Phi) is 7.02. The predicted molar refractivity (Wildman–Crippen MR) is 95.0 cm³/mol. The summed E-state index contributed by atoms with van der Waals surface area (Å²) in [5.74, 6) is 0.0383. The molecule has 0 spiro atoms. The minimum absolute atomic E-state index is 0.0573. The van der Waals surface area contributed by atoms with Crippen LogP contribution in [0.5, 0.6) is 0 Å². The van der Waals surface area contributed by atoms with Gasteiger partial charge in [-0.2, -0.15) is 0 Å². The molecule has 0 aromatic heterocycles. The Morgan fingerprint density at radius 1 is 1.42 bits per heavy atom. The minimum Gasteiger partial charge on any atom is -0.338 e. The van der Waals surface area contributed by atoms with E-state index in [9.17, 15) is 9.59 Å². The Bertz CT molecular complexity index is 579. The van der Waals surface area contributed by atoms with Crippen molar-refractivity contribution in [2.75, 3.05) is 32.7 Å². The number of halogens is 1. The van der Waals surface area contributed by atoms with E-state index in [4.69, 9.17) is 11.6 Å². The molecule has 0 aliphatic carbocycles. The maximum atomic E-state index is 12.2. The molecule has 3 amide bonds. The topological polar surface area (TPSA) is 73.5 Å². The number of benzene rings is 1. The average Bonchev–Trinajstić information content (AvgIpc) is 2.53. The highest BCUT2D eigenvalue weighted by atomic mass is 35.5. The van der Waals surface area contributed by atoms with E-state index in [2.05, 4.69) is 20.9 Å². The van der Waals surface area contributed by atoms with E-state index < -0.39 is 6.03 Å². The molecular formula is C17H25ClN4O2. The van der Waals surface area contributed by atoms with Crippen LogP contribution in [0.15, 0.2) is 24.3 Å². The Hall–Kier alpha value is -1.63. The third kappa shape index (κ3) is 5.78. The first-order valence-corrected chi connectivity index (χ1v) is 8.61. The van der Waals surface area contributed by atoms with Gasteiger partial charge >= 0.3 is 6.03 Å². The fourth-order valence-electron chi connectivity index (χ4n) is 2.67. The second-order valence-electron chi connectivity index (χ2n) is 6.40. The zero-order valence-electron chi connectivity index (χ0n) is 14.1. The average molecular weight is 353 g/mol. The van der Waals surface area contributed by atoms with Crippen LogP contribution in [-0.4, -0.2) is 49.6 Å². The number of carbonyl (C=O) groups excluding carboxylic acids is 2. The number of imide groups is 1. The summed E-state index contributed by atoms with van der Waals surface area (Å²) < 4.78 is 0. The van der Waals surface area contributed by atoms with Crippen molar-refractivity contribution >= 4 is 23.5 Å². The molecule has 24 heavy (non-hydrogen) atoms. The van der Waals surface area contributed by atoms with Gasteiger partial charge in [0.05, 0.1) is 6.54 Å². The van der Waals surface area contributed by atoms with Gasteiger partial charge in [0, 0.05) is 37.2 Å². The summed E-state index contributed by atoms with van der Waals surface area (Å²) in [6.45, 7) is 7.00. The third-order valence-electron chi connectivity index (χ3n) is 3.86. The number of nitrogens with one attached hydrogen (secondary N) is 3. The molecule has 1 fully saturated rings. The highest BCUT2D eigenvalue weighted by Crippen LogP contribution is 2.24. The Morgan fingerprint density at radius 2 is 2.21 bits per heavy atom. The number of hydrogen-bond acceptors (Lipinski definition) is 4. The van der Waals surface area contributed by atoms with E-state index in [1.54, 1.807) is 0 Å². The van der Waals surface area contributed by atoms with Crippen LogP contribution in [0.2, 0.25) is 5.02 Å². The maximum Gasteiger partial charge on any atom is 0.321 e. The lowest BCUT2D eigenvalue weighted by molar-refractivity contribution is -0.122. The molecule has 6 nitrogen and oxygen atoms in total. The van der Waals surface area contributed by atoms with Crippen LogP contribution >= 0.6 is 11.6 Å². The first-order chi connectivity index (χ1) is 11.5. The standard InChI is InChI=1S/C17H25ClN4O2/c1-12(2)9-20-17(24)21-16(23)11-22-7-6-19-10-15(22)13-4-3-5-14(18)8-13/h3-5,8,12,15,19H,6-7,9-11H2,1-2H3,(H2,20,21,23,24). The maximum absolute atomic E-state index is 12.2. The molecule has 0 bridgehead atoms. The second kappa shape index (κ2) is 9.01. The number of urea groups is 1. The quantitative estimate of drug-likeness (QED) is 0.755. The van der Waals surface area contributed by atoms with Crippen molar-refractivity contribution in [2.24, 2.45) is 5.92 Å². The lowest BCUT2D eigenvalue weighted by atomic mass is 10.0. The molecule has 1 atom stereocenters. The summed E-state index contributed by atoms with van der Waals surface area (Å²) in [6, 6.07) is 7.27. The van der Waals surface area contributed by atoms with E-state index in [0.29, 0.717) is 17.5 Å². The van der Waals surface area contributed by atoms with E-state index in [1.165, 1.54) is 0 Å². The molecule has 7 heteroatoms. The zero-order chi connectivity index (χ0) is 17.5. The molecule has 1 heterocycles. The molecular weight excluding hydrogens is 328 g/mol. The van der Waals surface area contributed by atoms with Crippen molar-refractivity contribution in [3.63, 3.8) is 0 Å². The highest BCUT2D eigenvalue weighted by Gasteiger charge is 2.26. The predicted octanol–water partition coefficient (Wildman–Crippen LogP) is 1.77. The van der Waals surface area contributed by atoms with Crippen LogP contribution in [0.25, 0.3) is 0 Å². The lowest BCUT2D eigenvalue weighted by Crippen LogP contribution is -2.51. The molecule has 132 valence electrons. The number of hydrogen-bond donors (Lipinski definition) is 3. The van der Waals surface area contributed by atoms with E-state index in [1.807, 2.05) is 38.1 Å². The summed E-state index contributed by atoms with van der Waals surface area (Å²) in [5.41, 5.74) is 1.06. The zero-order valence-corrected chi connectivity index (χ0v) is 14.9. The monoisotopic (exact) mass is 352 g/mol. The number of rotatable bonds is 5. The number of piperazine rings is 1. The van der Waals surface area contributed by atoms with Gasteiger partial charge in [-0.1, -0.05) is 37.6 Å². The van der Waals surface area contributed by atoms with Gasteiger partial charge in [0.15, 0.2) is 0 Å². The molecule has 2 rings (SSSR count). The van der Waals surface area contributed by atoms with Crippen LogP contribution < -0.4 is 16.0 Å². The molecule has 1 aromatic carbocycles. The van der Waals surface area contributed by atoms with Gasteiger partial charge in [0.1, 0.15) is 0 Å². The SMILES string of the molecule is CC(C)CNC(=O)NC(=O)CN1CCNCC1c1cccc(Cl)c1. The van der Waals surface area contributed by atoms with Gasteiger partial charge in [0.2, 0.25) is 5.91 Å². The Labute approximate surface area is 147 Å². The van der Waals surface area contributed by atoms with Crippen molar-refractivity contribution < 1.29 is 9.59 Å². The van der Waals surface area contributed by atoms with Crippen molar-refractivity contribution in [2.45, 2.75) is 19.9 Å². The second-order valence-corrected chi connectivity index (χ2v) is 6.83. The Morgan fingerprint density at radius 3 is 2.92 bits per heavy atom. The largest absolute Gasteiger partial charge is 0.338 e. The van der Waals surface area contributed by atoms with Crippen LogP contribution in [0.4, 0.5) is 4.79 Å². The Balaban J connectivity index is 1.93. The fourth-order valence-corrected chi connectivity index (χ4v) is 2.87. The van der Waals surface area contributed by atoms with Gasteiger partial charge in [-0.15, -0.1) is 0 Å². The molecule has 3 N–H and O–H groups in total. The van der Waals surface area contributed by atoms with E-state index in [-0.39, 0.29) is 18.5 Å². The first kappa shape index (κ1) is 18.7. The van der Waals surface area contributed by atoms with Crippen molar-refractivity contribution in [1.82, 2.24) is 20.9 Å². The molecule has 1 aliphatic rings. The lowest BCUT2D eigenvalue weighted by Gasteiger charge is -2.36. The summed E-state index contributed by atoms with van der Waals surface area (Å²) >= 11 is 6.08. The van der Waals surface area contributed by atoms with Gasteiger partial charge in [0.25, 0.3) is 0 Å². The van der Waals surface area contributed by atoms with Gasteiger partial charge in [-0.05, 0) is 23.6 Å². The summed E-state index contributed by atoms with van der Waals surface area (Å²) in [6.07, 6.45) is 0. The highest BCUT2D eigenvalue weighted by molar-refractivity contribution is 6.30. The van der Waals surface area contributed by atoms with Crippen molar-refractivity contribution in [1.29, 1.82) is 0 Å². The first-order valence-electron chi connectivity index (χ1n) is 8.23. The summed E-state index contributed by atoms with van der Waals surface area (Å²) in [4.78, 5) is 25.9. The number of nitrogens with zero attached hydrogens (tertiary/aromatic N) is 1. The summed E-state index contributed by atoms with van der Waals surface area (Å²) in [7, 11) is 0. The third-order valence-corrected chi connectivity index (χ3v) is 4.09. The van der Waals surface area contributed by atoms with Crippen LogP contribution in [0.3, 0.4) is 0 Å². The molecule has 1 aliphatic heterocycles. The smallest absolute Gasteiger partial charge is 0.321 e. The van der Waals surface area contributed by atoms with Gasteiger partial charge < -0.3 is 10.6 Å². The van der Waals surface area contributed by atoms with Crippen molar-refractivity contribution in [3.05, 3.63) is 34.9 Å². The van der Waals surface area contributed by atoms with E-state index in [0.717, 1.165) is 25.2 Å². The van der Waals surface area contributed by atoms with Crippen LogP contribution in [0, 0.1) is 5.92 Å². The fraction of sp³-hybridized carbons (Fsp3) is 0.529. The van der Waals surface area contributed by atoms with Gasteiger partial charge in [-0.25, -0.2) is 4.79 Å².